The van der Waals surface area contributed by atoms with Gasteiger partial charge in [0.15, 0.2) is 5.96 Å². The summed E-state index contributed by atoms with van der Waals surface area (Å²) in [4.78, 5) is 11.7. The number of rotatable bonds is 7. The van der Waals surface area contributed by atoms with E-state index in [0.717, 1.165) is 19.3 Å². The normalized spacial score (nSPS) is 28.9. The molecule has 1 saturated carbocycles. The van der Waals surface area contributed by atoms with E-state index >= 15 is 0 Å². The molecular weight excluding hydrogens is 292 g/mol. The van der Waals surface area contributed by atoms with Gasteiger partial charge in [-0.3, -0.25) is 10.2 Å². The van der Waals surface area contributed by atoms with Crippen LogP contribution in [0.1, 0.15) is 53.9 Å². The third-order valence-corrected chi connectivity index (χ3v) is 5.36. The summed E-state index contributed by atoms with van der Waals surface area (Å²) in [6.45, 7) is 9.94. The van der Waals surface area contributed by atoms with Gasteiger partial charge < -0.3 is 21.5 Å². The van der Waals surface area contributed by atoms with Gasteiger partial charge in [-0.1, -0.05) is 40.5 Å². The number of aliphatic hydroxyl groups is 1. The monoisotopic (exact) mass is 326 g/mol. The number of hydrogen-bond acceptors (Lipinski definition) is 3. The minimum absolute atomic E-state index is 0.0799. The van der Waals surface area contributed by atoms with Crippen LogP contribution in [-0.4, -0.2) is 35.2 Å². The number of amides is 1. The van der Waals surface area contributed by atoms with E-state index in [4.69, 9.17) is 11.1 Å². The Balaban J connectivity index is 3.14. The second kappa shape index (κ2) is 8.52. The average molecular weight is 326 g/mol. The van der Waals surface area contributed by atoms with E-state index in [-0.39, 0.29) is 35.8 Å². The first-order valence-corrected chi connectivity index (χ1v) is 8.78. The summed E-state index contributed by atoms with van der Waals surface area (Å²) in [5.41, 5.74) is 5.55. The van der Waals surface area contributed by atoms with Crippen LogP contribution in [0, 0.1) is 29.1 Å². The molecule has 23 heavy (non-hydrogen) atoms. The van der Waals surface area contributed by atoms with Crippen molar-refractivity contribution in [3.63, 3.8) is 0 Å². The van der Waals surface area contributed by atoms with Crippen LogP contribution >= 0.6 is 0 Å². The zero-order valence-corrected chi connectivity index (χ0v) is 15.1. The number of aliphatic hydroxyl groups excluding tert-OH is 1. The van der Waals surface area contributed by atoms with E-state index in [9.17, 15) is 9.90 Å². The topological polar surface area (TPSA) is 111 Å². The standard InChI is InChI=1S/C17H34N4O2/c1-6-11(7-2)15(20-10(5)22)14-13(21-17(18)19)8-12(9(3)4)16(14)23/h9,11-16,23H,6-8H2,1-5H3,(H,20,22)(H4,18,19,21)/t12-,13-,14-,15+,16-/m1/s1. The van der Waals surface area contributed by atoms with Gasteiger partial charge >= 0.3 is 0 Å². The lowest BCUT2D eigenvalue weighted by Crippen LogP contribution is -2.54. The molecule has 6 nitrogen and oxygen atoms in total. The molecule has 1 amide bonds. The predicted octanol–water partition coefficient (Wildman–Crippen LogP) is 1.43. The first kappa shape index (κ1) is 19.7. The summed E-state index contributed by atoms with van der Waals surface area (Å²) in [5, 5.41) is 24.6. The van der Waals surface area contributed by atoms with Crippen molar-refractivity contribution in [3.8, 4) is 0 Å². The van der Waals surface area contributed by atoms with Crippen molar-refractivity contribution in [2.45, 2.75) is 72.1 Å². The summed E-state index contributed by atoms with van der Waals surface area (Å²) >= 11 is 0. The lowest BCUT2D eigenvalue weighted by Gasteiger charge is -2.37. The Morgan fingerprint density at radius 1 is 1.35 bits per heavy atom. The SMILES string of the molecule is CCC(CC)[C@H](NC(C)=O)[C@@H]1[C@H](O)[C@@H](C(C)C)C[C@H]1NC(=N)N. The molecule has 0 aliphatic heterocycles. The Morgan fingerprint density at radius 3 is 2.30 bits per heavy atom. The molecule has 6 heteroatoms. The second-order valence-corrected chi connectivity index (χ2v) is 7.18. The van der Waals surface area contributed by atoms with Gasteiger partial charge in [-0.05, 0) is 24.2 Å². The zero-order valence-electron chi connectivity index (χ0n) is 15.1. The van der Waals surface area contributed by atoms with Crippen molar-refractivity contribution in [2.24, 2.45) is 29.4 Å². The number of guanidine groups is 1. The molecule has 0 aromatic heterocycles. The molecule has 1 aliphatic rings. The summed E-state index contributed by atoms with van der Waals surface area (Å²) < 4.78 is 0. The summed E-state index contributed by atoms with van der Waals surface area (Å²) in [6.07, 6.45) is 2.12. The smallest absolute Gasteiger partial charge is 0.217 e. The van der Waals surface area contributed by atoms with Crippen molar-refractivity contribution in [1.29, 1.82) is 5.41 Å². The van der Waals surface area contributed by atoms with Crippen molar-refractivity contribution in [3.05, 3.63) is 0 Å². The largest absolute Gasteiger partial charge is 0.392 e. The van der Waals surface area contributed by atoms with E-state index in [0.29, 0.717) is 11.8 Å². The molecule has 1 aliphatic carbocycles. The highest BCUT2D eigenvalue weighted by atomic mass is 16.3. The minimum atomic E-state index is -0.510. The fourth-order valence-corrected chi connectivity index (χ4v) is 4.16. The Morgan fingerprint density at radius 2 is 1.91 bits per heavy atom. The molecule has 1 rings (SSSR count). The highest BCUT2D eigenvalue weighted by Crippen LogP contribution is 2.40. The first-order valence-electron chi connectivity index (χ1n) is 8.78. The van der Waals surface area contributed by atoms with Gasteiger partial charge in [0.05, 0.1) is 6.10 Å². The fraction of sp³-hybridized carbons (Fsp3) is 0.882. The number of carbonyl (C=O) groups is 1. The Bertz CT molecular complexity index is 409. The average Bonchev–Trinajstić information content (AvgIpc) is 2.74. The number of nitrogens with one attached hydrogen (secondary N) is 3. The summed E-state index contributed by atoms with van der Waals surface area (Å²) in [7, 11) is 0. The fourth-order valence-electron chi connectivity index (χ4n) is 4.16. The molecule has 0 heterocycles. The van der Waals surface area contributed by atoms with Crippen LogP contribution in [0.3, 0.4) is 0 Å². The van der Waals surface area contributed by atoms with Gasteiger partial charge in [-0.15, -0.1) is 0 Å². The molecule has 6 N–H and O–H groups in total. The highest BCUT2D eigenvalue weighted by molar-refractivity contribution is 5.75. The molecule has 0 bridgehead atoms. The number of hydrogen-bond donors (Lipinski definition) is 5. The molecule has 0 radical (unpaired) electrons. The van der Waals surface area contributed by atoms with E-state index in [1.165, 1.54) is 6.92 Å². The van der Waals surface area contributed by atoms with Gasteiger partial charge in [0.2, 0.25) is 5.91 Å². The molecule has 0 unspecified atom stereocenters. The molecule has 0 saturated heterocycles. The first-order chi connectivity index (χ1) is 10.7. The molecule has 5 atom stereocenters. The Labute approximate surface area is 140 Å². The van der Waals surface area contributed by atoms with Crippen LogP contribution < -0.4 is 16.4 Å². The van der Waals surface area contributed by atoms with Crippen LogP contribution in [0.4, 0.5) is 0 Å². The van der Waals surface area contributed by atoms with E-state index in [1.54, 1.807) is 0 Å². The van der Waals surface area contributed by atoms with Gasteiger partial charge in [-0.25, -0.2) is 0 Å². The van der Waals surface area contributed by atoms with E-state index < -0.39 is 6.10 Å². The lowest BCUT2D eigenvalue weighted by atomic mass is 9.79. The van der Waals surface area contributed by atoms with Crippen molar-refractivity contribution < 1.29 is 9.90 Å². The number of nitrogens with two attached hydrogens (primary N) is 1. The lowest BCUT2D eigenvalue weighted by molar-refractivity contribution is -0.121. The molecule has 0 spiro atoms. The third-order valence-electron chi connectivity index (χ3n) is 5.36. The van der Waals surface area contributed by atoms with E-state index in [2.05, 4.69) is 38.3 Å². The summed E-state index contributed by atoms with van der Waals surface area (Å²) in [6, 6.07) is -0.203. The minimum Gasteiger partial charge on any atom is -0.392 e. The Hall–Kier alpha value is -1.30. The quantitative estimate of drug-likeness (QED) is 0.360. The van der Waals surface area contributed by atoms with Gasteiger partial charge in [-0.2, -0.15) is 0 Å². The summed E-state index contributed by atoms with van der Waals surface area (Å²) in [5.74, 6) is 0.473. The number of carbonyl (C=O) groups excluding carboxylic acids is 1. The maximum atomic E-state index is 11.7. The van der Waals surface area contributed by atoms with Crippen molar-refractivity contribution in [1.82, 2.24) is 10.6 Å². The molecule has 134 valence electrons. The van der Waals surface area contributed by atoms with Crippen LogP contribution in [0.25, 0.3) is 0 Å². The van der Waals surface area contributed by atoms with Gasteiger partial charge in [0.25, 0.3) is 0 Å². The molecule has 1 fully saturated rings. The van der Waals surface area contributed by atoms with Gasteiger partial charge in [0.1, 0.15) is 0 Å². The van der Waals surface area contributed by atoms with Crippen LogP contribution in [0.5, 0.6) is 0 Å². The van der Waals surface area contributed by atoms with Crippen LogP contribution in [-0.2, 0) is 4.79 Å². The third kappa shape index (κ3) is 4.83. The zero-order chi connectivity index (χ0) is 17.7. The van der Waals surface area contributed by atoms with E-state index in [1.807, 2.05) is 0 Å². The van der Waals surface area contributed by atoms with Crippen LogP contribution in [0.2, 0.25) is 0 Å². The molecule has 0 aromatic carbocycles. The highest BCUT2D eigenvalue weighted by Gasteiger charge is 2.48. The predicted molar refractivity (Wildman–Crippen MR) is 93.0 cm³/mol. The Kier molecular flexibility index (Phi) is 7.32. The second-order valence-electron chi connectivity index (χ2n) is 7.18. The van der Waals surface area contributed by atoms with Crippen molar-refractivity contribution >= 4 is 11.9 Å². The van der Waals surface area contributed by atoms with Crippen LogP contribution in [0.15, 0.2) is 0 Å². The van der Waals surface area contributed by atoms with Gasteiger partial charge in [0, 0.05) is 24.9 Å². The maximum Gasteiger partial charge on any atom is 0.217 e. The molecular formula is C17H34N4O2. The maximum absolute atomic E-state index is 11.7. The van der Waals surface area contributed by atoms with Crippen molar-refractivity contribution in [2.75, 3.05) is 0 Å². The molecule has 0 aromatic rings.